The average molecular weight is 580 g/mol. The fourth-order valence-electron chi connectivity index (χ4n) is 6.42. The zero-order valence-electron chi connectivity index (χ0n) is 23.7. The molecule has 0 radical (unpaired) electrons. The summed E-state index contributed by atoms with van der Waals surface area (Å²) in [6.07, 6.45) is 0. The van der Waals surface area contributed by atoms with Crippen LogP contribution in [0.15, 0.2) is 152 Å². The second-order valence-electron chi connectivity index (χ2n) is 11.0. The first-order chi connectivity index (χ1) is 21.8. The average Bonchev–Trinajstić information content (AvgIpc) is 3.64. The molecule has 206 valence electrons. The zero-order valence-corrected chi connectivity index (χ0v) is 24.5. The van der Waals surface area contributed by atoms with Crippen molar-refractivity contribution in [2.75, 3.05) is 0 Å². The normalized spacial score (nSPS) is 11.6. The minimum absolute atomic E-state index is 0.660. The largest absolute Gasteiger partial charge is 0.278 e. The highest BCUT2D eigenvalue weighted by molar-refractivity contribution is 7.25. The Morgan fingerprint density at radius 2 is 1.00 bits per heavy atom. The predicted molar refractivity (Wildman–Crippen MR) is 186 cm³/mol. The first-order valence-corrected chi connectivity index (χ1v) is 15.6. The summed E-state index contributed by atoms with van der Waals surface area (Å²) in [4.78, 5) is 10.5. The molecule has 0 unspecified atom stereocenters. The van der Waals surface area contributed by atoms with Crippen molar-refractivity contribution in [3.05, 3.63) is 152 Å². The van der Waals surface area contributed by atoms with Gasteiger partial charge in [0.1, 0.15) is 0 Å². The lowest BCUT2D eigenvalue weighted by Crippen LogP contribution is -2.04. The van der Waals surface area contributed by atoms with Crippen LogP contribution in [0.4, 0.5) is 0 Å². The summed E-state index contributed by atoms with van der Waals surface area (Å²) in [6.45, 7) is 0. The maximum Gasteiger partial charge on any atom is 0.235 e. The summed E-state index contributed by atoms with van der Waals surface area (Å²) >= 11 is 1.84. The number of benzene rings is 6. The Labute approximate surface area is 258 Å². The summed E-state index contributed by atoms with van der Waals surface area (Å²) in [5.41, 5.74) is 8.42. The van der Waals surface area contributed by atoms with Gasteiger partial charge in [-0.3, -0.25) is 4.57 Å². The molecule has 0 aliphatic rings. The fraction of sp³-hybridized carbons (Fsp3) is 0. The molecule has 0 saturated heterocycles. The van der Waals surface area contributed by atoms with Crippen molar-refractivity contribution in [2.45, 2.75) is 0 Å². The van der Waals surface area contributed by atoms with E-state index in [0.29, 0.717) is 5.95 Å². The first-order valence-electron chi connectivity index (χ1n) is 14.8. The number of para-hydroxylation sites is 2. The summed E-state index contributed by atoms with van der Waals surface area (Å²) in [7, 11) is 0. The minimum Gasteiger partial charge on any atom is -0.278 e. The highest BCUT2D eigenvalue weighted by Crippen LogP contribution is 2.39. The van der Waals surface area contributed by atoms with Gasteiger partial charge in [-0.2, -0.15) is 0 Å². The topological polar surface area (TPSA) is 30.7 Å². The van der Waals surface area contributed by atoms with E-state index in [0.717, 1.165) is 39.1 Å². The molecule has 0 fully saturated rings. The van der Waals surface area contributed by atoms with E-state index in [9.17, 15) is 0 Å². The molecular formula is C40H25N3S. The van der Waals surface area contributed by atoms with Gasteiger partial charge in [0.25, 0.3) is 0 Å². The van der Waals surface area contributed by atoms with Crippen molar-refractivity contribution in [2.24, 2.45) is 0 Å². The van der Waals surface area contributed by atoms with Crippen molar-refractivity contribution >= 4 is 53.3 Å². The summed E-state index contributed by atoms with van der Waals surface area (Å²) < 4.78 is 4.81. The van der Waals surface area contributed by atoms with Gasteiger partial charge in [-0.1, -0.05) is 115 Å². The molecule has 0 spiro atoms. The number of fused-ring (bicyclic) bond motifs is 6. The van der Waals surface area contributed by atoms with Gasteiger partial charge in [-0.25, -0.2) is 9.97 Å². The lowest BCUT2D eigenvalue weighted by molar-refractivity contribution is 0.996. The number of rotatable bonds is 4. The SMILES string of the molecule is c1ccc(-c2cc(-c3ccccc3-c3ccc4sc5ccccc5c4c3)nc(-n3c4ccccc4c4ccccc43)n2)cc1. The number of thiophene rings is 1. The maximum absolute atomic E-state index is 5.31. The third-order valence-electron chi connectivity index (χ3n) is 8.45. The van der Waals surface area contributed by atoms with Crippen molar-refractivity contribution in [1.82, 2.24) is 14.5 Å². The van der Waals surface area contributed by atoms with Gasteiger partial charge in [0.2, 0.25) is 5.95 Å². The Kier molecular flexibility index (Phi) is 5.68. The number of hydrogen-bond acceptors (Lipinski definition) is 3. The van der Waals surface area contributed by atoms with Crippen LogP contribution >= 0.6 is 11.3 Å². The summed E-state index contributed by atoms with van der Waals surface area (Å²) in [5, 5.41) is 4.97. The van der Waals surface area contributed by atoms with Crippen LogP contribution in [0.25, 0.3) is 81.6 Å². The lowest BCUT2D eigenvalue weighted by atomic mass is 9.95. The molecule has 3 heterocycles. The molecule has 44 heavy (non-hydrogen) atoms. The van der Waals surface area contributed by atoms with Gasteiger partial charge >= 0.3 is 0 Å². The molecule has 0 N–H and O–H groups in total. The highest BCUT2D eigenvalue weighted by Gasteiger charge is 2.18. The Bertz CT molecular complexity index is 2450. The second-order valence-corrected chi connectivity index (χ2v) is 12.1. The molecular weight excluding hydrogens is 555 g/mol. The maximum atomic E-state index is 5.31. The number of aromatic nitrogens is 3. The Morgan fingerprint density at radius 1 is 0.409 bits per heavy atom. The molecule has 0 amide bonds. The molecule has 0 aliphatic heterocycles. The van der Waals surface area contributed by atoms with E-state index in [4.69, 9.17) is 9.97 Å². The molecule has 6 aromatic carbocycles. The van der Waals surface area contributed by atoms with Crippen molar-refractivity contribution in [3.8, 4) is 39.6 Å². The summed E-state index contributed by atoms with van der Waals surface area (Å²) in [6, 6.07) is 53.6. The van der Waals surface area contributed by atoms with E-state index in [-0.39, 0.29) is 0 Å². The van der Waals surface area contributed by atoms with Gasteiger partial charge in [-0.05, 0) is 47.5 Å². The lowest BCUT2D eigenvalue weighted by Gasteiger charge is -2.14. The molecule has 0 aliphatic carbocycles. The van der Waals surface area contributed by atoms with Crippen LogP contribution in [0, 0.1) is 0 Å². The quantitative estimate of drug-likeness (QED) is 0.208. The van der Waals surface area contributed by atoms with Crippen LogP contribution < -0.4 is 0 Å². The van der Waals surface area contributed by atoms with Crippen LogP contribution in [0.2, 0.25) is 0 Å². The highest BCUT2D eigenvalue weighted by atomic mass is 32.1. The molecule has 0 saturated carbocycles. The third kappa shape index (κ3) is 3.96. The summed E-state index contributed by atoms with van der Waals surface area (Å²) in [5.74, 6) is 0.660. The van der Waals surface area contributed by atoms with E-state index >= 15 is 0 Å². The second kappa shape index (κ2) is 10.0. The molecule has 9 rings (SSSR count). The minimum atomic E-state index is 0.660. The molecule has 0 atom stereocenters. The van der Waals surface area contributed by atoms with Gasteiger partial charge in [0.15, 0.2) is 0 Å². The van der Waals surface area contributed by atoms with Crippen molar-refractivity contribution < 1.29 is 0 Å². The molecule has 0 bridgehead atoms. The van der Waals surface area contributed by atoms with E-state index in [2.05, 4.69) is 150 Å². The zero-order chi connectivity index (χ0) is 29.0. The van der Waals surface area contributed by atoms with E-state index < -0.39 is 0 Å². The van der Waals surface area contributed by atoms with Gasteiger partial charge in [0.05, 0.1) is 22.4 Å². The van der Waals surface area contributed by atoms with Crippen LogP contribution in [0.5, 0.6) is 0 Å². The van der Waals surface area contributed by atoms with E-state index in [1.807, 2.05) is 17.4 Å². The van der Waals surface area contributed by atoms with E-state index in [1.165, 1.54) is 36.5 Å². The van der Waals surface area contributed by atoms with Crippen LogP contribution in [-0.4, -0.2) is 14.5 Å². The number of nitrogens with zero attached hydrogens (tertiary/aromatic N) is 3. The van der Waals surface area contributed by atoms with Crippen molar-refractivity contribution in [1.29, 1.82) is 0 Å². The Morgan fingerprint density at radius 3 is 1.77 bits per heavy atom. The standard InChI is InChI=1S/C40H25N3S/c1-2-12-26(13-3-1)34-25-35(42-40(41-34)43-36-19-9-6-16-30(36)31-17-7-10-20-37(31)43)29-15-5-4-14-28(29)27-22-23-39-33(24-27)32-18-8-11-21-38(32)44-39/h1-25H. The molecule has 9 aromatic rings. The first kappa shape index (κ1) is 25.0. The van der Waals surface area contributed by atoms with Crippen molar-refractivity contribution in [3.63, 3.8) is 0 Å². The fourth-order valence-corrected chi connectivity index (χ4v) is 7.51. The Hall–Kier alpha value is -5.58. The van der Waals surface area contributed by atoms with Gasteiger partial charge in [0, 0.05) is 42.1 Å². The van der Waals surface area contributed by atoms with Gasteiger partial charge in [-0.15, -0.1) is 11.3 Å². The third-order valence-corrected chi connectivity index (χ3v) is 9.61. The van der Waals surface area contributed by atoms with E-state index in [1.54, 1.807) is 0 Å². The molecule has 4 heteroatoms. The van der Waals surface area contributed by atoms with Crippen LogP contribution in [-0.2, 0) is 0 Å². The molecule has 3 nitrogen and oxygen atoms in total. The monoisotopic (exact) mass is 579 g/mol. The van der Waals surface area contributed by atoms with Gasteiger partial charge < -0.3 is 0 Å². The predicted octanol–water partition coefficient (Wildman–Crippen LogP) is 10.9. The molecule has 3 aromatic heterocycles. The van der Waals surface area contributed by atoms with Crippen LogP contribution in [0.3, 0.4) is 0 Å². The smallest absolute Gasteiger partial charge is 0.235 e. The Balaban J connectivity index is 1.31. The number of hydrogen-bond donors (Lipinski definition) is 0. The van der Waals surface area contributed by atoms with Crippen LogP contribution in [0.1, 0.15) is 0 Å².